The molecule has 74 valence electrons. The molecule has 5 heteroatoms. The lowest BCUT2D eigenvalue weighted by atomic mass is 10.4. The van der Waals surface area contributed by atoms with E-state index in [0.29, 0.717) is 0 Å². The third-order valence-corrected chi connectivity index (χ3v) is 1.79. The Morgan fingerprint density at radius 3 is 1.38 bits per heavy atom. The van der Waals surface area contributed by atoms with Gasteiger partial charge in [-0.25, -0.2) is 0 Å². The van der Waals surface area contributed by atoms with Crippen LogP contribution in [0.25, 0.3) is 0 Å². The molecule has 13 heavy (non-hydrogen) atoms. The Kier molecular flexibility index (Phi) is 6.13. The van der Waals surface area contributed by atoms with Crippen LogP contribution in [0.15, 0.2) is 36.4 Å². The SMILES string of the molecule is NCCS(=O)(=O)O.c1ccccc1. The summed E-state index contributed by atoms with van der Waals surface area (Å²) in [5, 5.41) is 0. The minimum absolute atomic E-state index is 0.0289. The van der Waals surface area contributed by atoms with Gasteiger partial charge in [-0.3, -0.25) is 4.55 Å². The van der Waals surface area contributed by atoms with Crippen LogP contribution in [0, 0.1) is 0 Å². The zero-order chi connectivity index (χ0) is 10.2. The predicted molar refractivity (Wildman–Crippen MR) is 51.9 cm³/mol. The second-order valence-electron chi connectivity index (χ2n) is 2.23. The van der Waals surface area contributed by atoms with Gasteiger partial charge in [0, 0.05) is 6.54 Å². The number of hydrogen-bond acceptors (Lipinski definition) is 3. The lowest BCUT2D eigenvalue weighted by molar-refractivity contribution is 0.483. The van der Waals surface area contributed by atoms with Gasteiger partial charge in [0.1, 0.15) is 0 Å². The molecule has 0 aromatic heterocycles. The van der Waals surface area contributed by atoms with E-state index in [9.17, 15) is 8.42 Å². The molecule has 0 atom stereocenters. The summed E-state index contributed by atoms with van der Waals surface area (Å²) in [4.78, 5) is 0. The van der Waals surface area contributed by atoms with E-state index in [-0.39, 0.29) is 12.3 Å². The summed E-state index contributed by atoms with van der Waals surface area (Å²) >= 11 is 0. The molecule has 0 fully saturated rings. The van der Waals surface area contributed by atoms with E-state index in [1.807, 2.05) is 36.4 Å². The monoisotopic (exact) mass is 203 g/mol. The van der Waals surface area contributed by atoms with E-state index in [4.69, 9.17) is 10.3 Å². The van der Waals surface area contributed by atoms with Gasteiger partial charge in [0.05, 0.1) is 5.75 Å². The molecule has 1 rings (SSSR count). The zero-order valence-electron chi connectivity index (χ0n) is 7.13. The molecule has 3 N–H and O–H groups in total. The van der Waals surface area contributed by atoms with Gasteiger partial charge in [0.25, 0.3) is 10.1 Å². The van der Waals surface area contributed by atoms with Gasteiger partial charge in [-0.15, -0.1) is 0 Å². The Bertz CT molecular complexity index is 270. The summed E-state index contributed by atoms with van der Waals surface area (Å²) in [5.41, 5.74) is 4.78. The maximum absolute atomic E-state index is 9.71. The average molecular weight is 203 g/mol. The Hall–Kier alpha value is -0.910. The van der Waals surface area contributed by atoms with E-state index < -0.39 is 10.1 Å². The molecule has 0 aliphatic heterocycles. The molecule has 0 heterocycles. The van der Waals surface area contributed by atoms with Crippen molar-refractivity contribution in [1.29, 1.82) is 0 Å². The lowest BCUT2D eigenvalue weighted by Gasteiger charge is -1.86. The van der Waals surface area contributed by atoms with Gasteiger partial charge in [-0.05, 0) is 0 Å². The quantitative estimate of drug-likeness (QED) is 0.687. The minimum atomic E-state index is -3.80. The van der Waals surface area contributed by atoms with E-state index in [0.717, 1.165) is 0 Å². The zero-order valence-corrected chi connectivity index (χ0v) is 7.94. The highest BCUT2D eigenvalue weighted by Crippen LogP contribution is 1.79. The van der Waals surface area contributed by atoms with Gasteiger partial charge < -0.3 is 5.73 Å². The minimum Gasteiger partial charge on any atom is -0.329 e. The van der Waals surface area contributed by atoms with Crippen molar-refractivity contribution in [3.8, 4) is 0 Å². The van der Waals surface area contributed by atoms with Crippen LogP contribution in [0.2, 0.25) is 0 Å². The predicted octanol–water partition coefficient (Wildman–Crippen LogP) is 0.520. The number of hydrogen-bond donors (Lipinski definition) is 2. The topological polar surface area (TPSA) is 80.4 Å². The normalized spacial score (nSPS) is 10.0. The first-order chi connectivity index (χ1) is 6.06. The van der Waals surface area contributed by atoms with Crippen molar-refractivity contribution in [3.63, 3.8) is 0 Å². The van der Waals surface area contributed by atoms with E-state index in [1.54, 1.807) is 0 Å². The van der Waals surface area contributed by atoms with Gasteiger partial charge in [0.15, 0.2) is 0 Å². The summed E-state index contributed by atoms with van der Waals surface area (Å²) in [6.07, 6.45) is 0. The molecule has 0 spiro atoms. The number of benzene rings is 1. The van der Waals surface area contributed by atoms with Gasteiger partial charge in [-0.1, -0.05) is 36.4 Å². The molecule has 0 unspecified atom stereocenters. The first kappa shape index (κ1) is 12.1. The summed E-state index contributed by atoms with van der Waals surface area (Å²) in [5.74, 6) is -0.354. The van der Waals surface area contributed by atoms with Crippen molar-refractivity contribution in [2.75, 3.05) is 12.3 Å². The number of rotatable bonds is 2. The van der Waals surface area contributed by atoms with Crippen LogP contribution in [-0.4, -0.2) is 25.3 Å². The first-order valence-electron chi connectivity index (χ1n) is 3.71. The van der Waals surface area contributed by atoms with Gasteiger partial charge in [-0.2, -0.15) is 8.42 Å². The fourth-order valence-corrected chi connectivity index (χ4v) is 0.832. The van der Waals surface area contributed by atoms with Crippen LogP contribution >= 0.6 is 0 Å². The summed E-state index contributed by atoms with van der Waals surface area (Å²) < 4.78 is 27.3. The van der Waals surface area contributed by atoms with Crippen LogP contribution in [-0.2, 0) is 10.1 Å². The van der Waals surface area contributed by atoms with Crippen molar-refractivity contribution in [2.24, 2.45) is 5.73 Å². The first-order valence-corrected chi connectivity index (χ1v) is 5.32. The molecule has 0 saturated heterocycles. The van der Waals surface area contributed by atoms with Crippen molar-refractivity contribution in [3.05, 3.63) is 36.4 Å². The average Bonchev–Trinajstić information content (AvgIpc) is 2.06. The molecule has 1 aromatic rings. The van der Waals surface area contributed by atoms with E-state index >= 15 is 0 Å². The summed E-state index contributed by atoms with van der Waals surface area (Å²) in [6, 6.07) is 12.0. The Morgan fingerprint density at radius 1 is 1.00 bits per heavy atom. The third kappa shape index (κ3) is 11.1. The number of nitrogens with two attached hydrogens (primary N) is 1. The highest BCUT2D eigenvalue weighted by atomic mass is 32.2. The lowest BCUT2D eigenvalue weighted by Crippen LogP contribution is -2.13. The van der Waals surface area contributed by atoms with Crippen LogP contribution in [0.5, 0.6) is 0 Å². The second-order valence-corrected chi connectivity index (χ2v) is 3.80. The molecule has 0 aliphatic carbocycles. The standard InChI is InChI=1S/C6H6.C2H7NO3S/c1-2-4-6-5-3-1;3-1-2-7(4,5)6/h1-6H;1-3H2,(H,4,5,6). The Labute approximate surface area is 78.1 Å². The Morgan fingerprint density at radius 2 is 1.31 bits per heavy atom. The van der Waals surface area contributed by atoms with Crippen molar-refractivity contribution < 1.29 is 13.0 Å². The highest BCUT2D eigenvalue weighted by molar-refractivity contribution is 7.85. The molecule has 4 nitrogen and oxygen atoms in total. The van der Waals surface area contributed by atoms with Crippen LogP contribution in [0.3, 0.4) is 0 Å². The van der Waals surface area contributed by atoms with Crippen LogP contribution < -0.4 is 5.73 Å². The maximum atomic E-state index is 9.71. The van der Waals surface area contributed by atoms with Crippen LogP contribution in [0.1, 0.15) is 0 Å². The smallest absolute Gasteiger partial charge is 0.266 e. The summed E-state index contributed by atoms with van der Waals surface area (Å²) in [7, 11) is -3.80. The van der Waals surface area contributed by atoms with E-state index in [2.05, 4.69) is 0 Å². The van der Waals surface area contributed by atoms with Crippen molar-refractivity contribution >= 4 is 10.1 Å². The van der Waals surface area contributed by atoms with E-state index in [1.165, 1.54) is 0 Å². The molecule has 0 bridgehead atoms. The largest absolute Gasteiger partial charge is 0.329 e. The molecule has 0 aliphatic rings. The molecule has 0 saturated carbocycles. The molecular formula is C8H13NO3S. The summed E-state index contributed by atoms with van der Waals surface area (Å²) in [6.45, 7) is -0.0289. The highest BCUT2D eigenvalue weighted by Gasteiger charge is 1.98. The second kappa shape index (κ2) is 6.59. The Balaban J connectivity index is 0.000000223. The maximum Gasteiger partial charge on any atom is 0.266 e. The molecular weight excluding hydrogens is 190 g/mol. The third-order valence-electron chi connectivity index (χ3n) is 1.04. The molecule has 0 radical (unpaired) electrons. The van der Waals surface area contributed by atoms with Crippen LogP contribution in [0.4, 0.5) is 0 Å². The molecule has 0 amide bonds. The van der Waals surface area contributed by atoms with Gasteiger partial charge in [0.2, 0.25) is 0 Å². The fraction of sp³-hybridized carbons (Fsp3) is 0.250. The molecule has 1 aromatic carbocycles. The van der Waals surface area contributed by atoms with Crippen molar-refractivity contribution in [1.82, 2.24) is 0 Å². The van der Waals surface area contributed by atoms with Gasteiger partial charge >= 0.3 is 0 Å². The fourth-order valence-electron chi connectivity index (χ4n) is 0.534. The van der Waals surface area contributed by atoms with Crippen molar-refractivity contribution in [2.45, 2.75) is 0 Å².